The van der Waals surface area contributed by atoms with Crippen LogP contribution in [-0.2, 0) is 14.3 Å². The van der Waals surface area contributed by atoms with Gasteiger partial charge >= 0.3 is 5.97 Å². The summed E-state index contributed by atoms with van der Waals surface area (Å²) in [6.45, 7) is 8.33. The Morgan fingerprint density at radius 3 is 1.64 bits per heavy atom. The van der Waals surface area contributed by atoms with E-state index in [9.17, 15) is 30.3 Å². The molecule has 0 saturated heterocycles. The van der Waals surface area contributed by atoms with Crippen LogP contribution in [0, 0.1) is 28.6 Å². The van der Waals surface area contributed by atoms with Crippen LogP contribution in [0.5, 0.6) is 0 Å². The van der Waals surface area contributed by atoms with Crippen molar-refractivity contribution in [1.29, 1.82) is 0 Å². The number of hydrogen-bond donors (Lipinski definition) is 5. The Bertz CT molecular complexity index is 632. The Morgan fingerprint density at radius 2 is 1.15 bits per heavy atom. The first kappa shape index (κ1) is 38.0. The van der Waals surface area contributed by atoms with Crippen LogP contribution in [0.4, 0.5) is 0 Å². The van der Waals surface area contributed by atoms with E-state index in [1.807, 2.05) is 13.0 Å². The predicted molar refractivity (Wildman–Crippen MR) is 155 cm³/mol. The molecule has 39 heavy (non-hydrogen) atoms. The average molecular weight is 561 g/mol. The van der Waals surface area contributed by atoms with Gasteiger partial charge in [0.15, 0.2) is 0 Å². The molecule has 0 heterocycles. The fourth-order valence-electron chi connectivity index (χ4n) is 4.40. The SMILES string of the molecule is C/C(=C\CC(=O)OCC(CO)(CO)COCC(CO)(CO)CO)CCCC(C)CCCC(C)CCCC(C)C. The van der Waals surface area contributed by atoms with E-state index < -0.39 is 49.8 Å². The quantitative estimate of drug-likeness (QED) is 0.0825. The number of ether oxygens (including phenoxy) is 2. The van der Waals surface area contributed by atoms with Crippen LogP contribution in [0.25, 0.3) is 0 Å². The normalized spacial score (nSPS) is 14.6. The van der Waals surface area contributed by atoms with Crippen LogP contribution < -0.4 is 0 Å². The van der Waals surface area contributed by atoms with Gasteiger partial charge in [-0.15, -0.1) is 0 Å². The lowest BCUT2D eigenvalue weighted by atomic mass is 9.90. The number of carbonyl (C=O) groups excluding carboxylic acids is 1. The maximum atomic E-state index is 12.3. The van der Waals surface area contributed by atoms with Gasteiger partial charge in [0, 0.05) is 0 Å². The fraction of sp³-hybridized carbons (Fsp3) is 0.903. The van der Waals surface area contributed by atoms with Crippen molar-refractivity contribution in [2.75, 3.05) is 52.9 Å². The molecule has 8 nitrogen and oxygen atoms in total. The van der Waals surface area contributed by atoms with Crippen molar-refractivity contribution >= 4 is 5.97 Å². The maximum Gasteiger partial charge on any atom is 0.309 e. The fourth-order valence-corrected chi connectivity index (χ4v) is 4.40. The highest BCUT2D eigenvalue weighted by molar-refractivity contribution is 5.71. The zero-order chi connectivity index (χ0) is 29.7. The van der Waals surface area contributed by atoms with Gasteiger partial charge in [-0.3, -0.25) is 4.79 Å². The number of rotatable bonds is 25. The molecule has 2 atom stereocenters. The Kier molecular flexibility index (Phi) is 21.1. The molecule has 8 heteroatoms. The lowest BCUT2D eigenvalue weighted by Crippen LogP contribution is -2.44. The van der Waals surface area contributed by atoms with Crippen LogP contribution in [0.2, 0.25) is 0 Å². The summed E-state index contributed by atoms with van der Waals surface area (Å²) in [6.07, 6.45) is 13.1. The number of allylic oxidation sites excluding steroid dienone is 1. The molecular formula is C31H60O8. The highest BCUT2D eigenvalue weighted by atomic mass is 16.5. The molecule has 0 radical (unpaired) electrons. The molecule has 0 saturated carbocycles. The highest BCUT2D eigenvalue weighted by Crippen LogP contribution is 2.23. The third-order valence-electron chi connectivity index (χ3n) is 7.79. The van der Waals surface area contributed by atoms with E-state index in [0.29, 0.717) is 5.92 Å². The molecular weight excluding hydrogens is 500 g/mol. The van der Waals surface area contributed by atoms with Gasteiger partial charge in [-0.05, 0) is 37.5 Å². The number of aliphatic hydroxyl groups excluding tert-OH is 5. The van der Waals surface area contributed by atoms with Crippen molar-refractivity contribution < 1.29 is 39.8 Å². The minimum atomic E-state index is -1.22. The molecule has 232 valence electrons. The third kappa shape index (κ3) is 17.4. The standard InChI is InChI=1S/C31H60O8/c1-25(2)9-6-10-26(3)11-7-12-27(4)13-8-14-28(5)15-16-29(37)39-24-31(20-35,21-36)23-38-22-30(17-32,18-33)19-34/h15,25-27,32-36H,6-14,16-24H2,1-5H3/b28-15+. The van der Waals surface area contributed by atoms with Gasteiger partial charge in [0.2, 0.25) is 0 Å². The summed E-state index contributed by atoms with van der Waals surface area (Å²) in [5.41, 5.74) is -1.30. The van der Waals surface area contributed by atoms with Crippen molar-refractivity contribution in [2.45, 2.75) is 98.8 Å². The third-order valence-corrected chi connectivity index (χ3v) is 7.79. The minimum absolute atomic E-state index is 0.118. The zero-order valence-electron chi connectivity index (χ0n) is 25.5. The molecule has 5 N–H and O–H groups in total. The van der Waals surface area contributed by atoms with Gasteiger partial charge < -0.3 is 35.0 Å². The Balaban J connectivity index is 4.31. The van der Waals surface area contributed by atoms with Gasteiger partial charge in [-0.1, -0.05) is 84.3 Å². The second-order valence-electron chi connectivity index (χ2n) is 12.6. The topological polar surface area (TPSA) is 137 Å². The first-order chi connectivity index (χ1) is 18.5. The summed E-state index contributed by atoms with van der Waals surface area (Å²) in [4.78, 5) is 12.3. The number of aliphatic hydroxyl groups is 5. The van der Waals surface area contributed by atoms with Gasteiger partial charge in [0.05, 0.1) is 63.5 Å². The Morgan fingerprint density at radius 1 is 0.692 bits per heavy atom. The van der Waals surface area contributed by atoms with E-state index in [2.05, 4.69) is 27.7 Å². The van der Waals surface area contributed by atoms with E-state index in [1.165, 1.54) is 44.9 Å². The number of hydrogen-bond acceptors (Lipinski definition) is 8. The maximum absolute atomic E-state index is 12.3. The first-order valence-corrected chi connectivity index (χ1v) is 14.9. The van der Waals surface area contributed by atoms with Gasteiger partial charge in [0.25, 0.3) is 0 Å². The number of carbonyl (C=O) groups is 1. The Labute approximate surface area is 237 Å². The summed E-state index contributed by atoms with van der Waals surface area (Å²) in [5.74, 6) is 1.87. The van der Waals surface area contributed by atoms with Gasteiger partial charge in [-0.25, -0.2) is 0 Å². The van der Waals surface area contributed by atoms with E-state index >= 15 is 0 Å². The van der Waals surface area contributed by atoms with Gasteiger partial charge in [0.1, 0.15) is 6.61 Å². The molecule has 2 unspecified atom stereocenters. The molecule has 0 spiro atoms. The van der Waals surface area contributed by atoms with Crippen molar-refractivity contribution in [3.05, 3.63) is 11.6 Å². The molecule has 0 aromatic heterocycles. The highest BCUT2D eigenvalue weighted by Gasteiger charge is 2.34. The molecule has 0 amide bonds. The van der Waals surface area contributed by atoms with Crippen molar-refractivity contribution in [3.63, 3.8) is 0 Å². The van der Waals surface area contributed by atoms with Crippen LogP contribution >= 0.6 is 0 Å². The summed E-state index contributed by atoms with van der Waals surface area (Å²) in [5, 5.41) is 47.8. The van der Waals surface area contributed by atoms with Crippen LogP contribution in [0.15, 0.2) is 11.6 Å². The molecule has 0 aliphatic rings. The molecule has 0 aliphatic heterocycles. The lowest BCUT2D eigenvalue weighted by molar-refractivity contribution is -0.153. The minimum Gasteiger partial charge on any atom is -0.465 e. The van der Waals surface area contributed by atoms with Crippen LogP contribution in [-0.4, -0.2) is 84.4 Å². The van der Waals surface area contributed by atoms with E-state index in [1.54, 1.807) is 0 Å². The lowest BCUT2D eigenvalue weighted by Gasteiger charge is -2.32. The summed E-state index contributed by atoms with van der Waals surface area (Å²) in [6, 6.07) is 0. The van der Waals surface area contributed by atoms with E-state index in [-0.39, 0.29) is 26.2 Å². The summed E-state index contributed by atoms with van der Waals surface area (Å²) in [7, 11) is 0. The smallest absolute Gasteiger partial charge is 0.309 e. The first-order valence-electron chi connectivity index (χ1n) is 14.9. The summed E-state index contributed by atoms with van der Waals surface area (Å²) >= 11 is 0. The molecule has 0 aromatic rings. The van der Waals surface area contributed by atoms with Crippen molar-refractivity contribution in [1.82, 2.24) is 0 Å². The molecule has 0 bridgehead atoms. The van der Waals surface area contributed by atoms with Crippen LogP contribution in [0.3, 0.4) is 0 Å². The van der Waals surface area contributed by atoms with E-state index in [0.717, 1.165) is 30.3 Å². The molecule has 0 aliphatic carbocycles. The van der Waals surface area contributed by atoms with Crippen molar-refractivity contribution in [3.8, 4) is 0 Å². The second-order valence-corrected chi connectivity index (χ2v) is 12.6. The molecule has 0 aromatic carbocycles. The van der Waals surface area contributed by atoms with Gasteiger partial charge in [-0.2, -0.15) is 0 Å². The zero-order valence-corrected chi connectivity index (χ0v) is 25.5. The summed E-state index contributed by atoms with van der Waals surface area (Å²) < 4.78 is 10.8. The van der Waals surface area contributed by atoms with E-state index in [4.69, 9.17) is 9.47 Å². The largest absolute Gasteiger partial charge is 0.465 e. The van der Waals surface area contributed by atoms with Crippen molar-refractivity contribution in [2.24, 2.45) is 28.6 Å². The molecule has 0 fully saturated rings. The monoisotopic (exact) mass is 560 g/mol. The average Bonchev–Trinajstić information content (AvgIpc) is 2.92. The number of esters is 1. The van der Waals surface area contributed by atoms with Crippen LogP contribution in [0.1, 0.15) is 98.8 Å². The molecule has 0 rings (SSSR count). The predicted octanol–water partition coefficient (Wildman–Crippen LogP) is 4.26. The Hall–Kier alpha value is -1.03. The second kappa shape index (κ2) is 21.7.